The van der Waals surface area contributed by atoms with Gasteiger partial charge in [0.15, 0.2) is 0 Å². The third-order valence-corrected chi connectivity index (χ3v) is 2.67. The summed E-state index contributed by atoms with van der Waals surface area (Å²) in [5, 5.41) is 0. The standard InChI is InChI=1S/C14H18N2/c1-10(2)14-15-5-6-16(14)13-8-11(3)7-12(4)9-13/h5-10H,1-4H3. The molecule has 0 amide bonds. The van der Waals surface area contributed by atoms with Crippen molar-refractivity contribution in [1.82, 2.24) is 9.55 Å². The molecule has 0 fully saturated rings. The highest BCUT2D eigenvalue weighted by molar-refractivity contribution is 5.40. The van der Waals surface area contributed by atoms with Gasteiger partial charge in [-0.05, 0) is 37.1 Å². The van der Waals surface area contributed by atoms with E-state index >= 15 is 0 Å². The zero-order valence-corrected chi connectivity index (χ0v) is 10.4. The Morgan fingerprint density at radius 3 is 2.25 bits per heavy atom. The molecule has 2 rings (SSSR count). The fourth-order valence-corrected chi connectivity index (χ4v) is 2.05. The van der Waals surface area contributed by atoms with Gasteiger partial charge in [-0.1, -0.05) is 19.9 Å². The Morgan fingerprint density at radius 1 is 1.06 bits per heavy atom. The van der Waals surface area contributed by atoms with Crippen LogP contribution in [0.3, 0.4) is 0 Å². The predicted octanol–water partition coefficient (Wildman–Crippen LogP) is 3.61. The van der Waals surface area contributed by atoms with Crippen molar-refractivity contribution in [2.75, 3.05) is 0 Å². The second kappa shape index (κ2) is 4.12. The lowest BCUT2D eigenvalue weighted by Crippen LogP contribution is -2.02. The lowest BCUT2D eigenvalue weighted by Gasteiger charge is -2.11. The summed E-state index contributed by atoms with van der Waals surface area (Å²) in [5.41, 5.74) is 3.79. The first kappa shape index (κ1) is 10.9. The normalized spacial score (nSPS) is 11.1. The molecule has 0 saturated carbocycles. The predicted molar refractivity (Wildman–Crippen MR) is 67.1 cm³/mol. The zero-order valence-electron chi connectivity index (χ0n) is 10.4. The van der Waals surface area contributed by atoms with Crippen LogP contribution in [-0.4, -0.2) is 9.55 Å². The number of benzene rings is 1. The number of imidazole rings is 1. The third-order valence-electron chi connectivity index (χ3n) is 2.67. The van der Waals surface area contributed by atoms with Crippen LogP contribution in [0.2, 0.25) is 0 Å². The number of hydrogen-bond acceptors (Lipinski definition) is 1. The molecule has 0 aliphatic carbocycles. The molecular weight excluding hydrogens is 196 g/mol. The first-order chi connectivity index (χ1) is 7.58. The molecule has 1 heterocycles. The highest BCUT2D eigenvalue weighted by Crippen LogP contribution is 2.19. The quantitative estimate of drug-likeness (QED) is 0.746. The highest BCUT2D eigenvalue weighted by Gasteiger charge is 2.08. The second-order valence-electron chi connectivity index (χ2n) is 4.66. The molecule has 0 radical (unpaired) electrons. The lowest BCUT2D eigenvalue weighted by atomic mass is 10.1. The van der Waals surface area contributed by atoms with E-state index in [2.05, 4.69) is 55.4 Å². The maximum absolute atomic E-state index is 4.41. The van der Waals surface area contributed by atoms with Gasteiger partial charge in [0, 0.05) is 24.0 Å². The van der Waals surface area contributed by atoms with Gasteiger partial charge in [0.1, 0.15) is 5.82 Å². The Morgan fingerprint density at radius 2 is 1.69 bits per heavy atom. The molecule has 0 aliphatic heterocycles. The van der Waals surface area contributed by atoms with E-state index in [-0.39, 0.29) is 0 Å². The smallest absolute Gasteiger partial charge is 0.115 e. The average molecular weight is 214 g/mol. The maximum Gasteiger partial charge on any atom is 0.115 e. The molecule has 0 bridgehead atoms. The first-order valence-electron chi connectivity index (χ1n) is 5.70. The van der Waals surface area contributed by atoms with Crippen molar-refractivity contribution in [2.24, 2.45) is 0 Å². The van der Waals surface area contributed by atoms with Crippen LogP contribution in [0.15, 0.2) is 30.6 Å². The Hall–Kier alpha value is -1.57. The Kier molecular flexibility index (Phi) is 2.82. The zero-order chi connectivity index (χ0) is 11.7. The highest BCUT2D eigenvalue weighted by atomic mass is 15.1. The summed E-state index contributed by atoms with van der Waals surface area (Å²) in [7, 11) is 0. The molecule has 0 N–H and O–H groups in total. The lowest BCUT2D eigenvalue weighted by molar-refractivity contribution is 0.751. The van der Waals surface area contributed by atoms with Crippen molar-refractivity contribution < 1.29 is 0 Å². The van der Waals surface area contributed by atoms with E-state index < -0.39 is 0 Å². The summed E-state index contributed by atoms with van der Waals surface area (Å²) in [6.07, 6.45) is 3.90. The number of nitrogens with zero attached hydrogens (tertiary/aromatic N) is 2. The van der Waals surface area contributed by atoms with Crippen LogP contribution in [-0.2, 0) is 0 Å². The van der Waals surface area contributed by atoms with Gasteiger partial charge >= 0.3 is 0 Å². The third kappa shape index (κ3) is 2.01. The van der Waals surface area contributed by atoms with Crippen LogP contribution in [0.5, 0.6) is 0 Å². The SMILES string of the molecule is Cc1cc(C)cc(-n2ccnc2C(C)C)c1. The van der Waals surface area contributed by atoms with E-state index in [1.807, 2.05) is 12.4 Å². The van der Waals surface area contributed by atoms with Crippen LogP contribution < -0.4 is 0 Å². The van der Waals surface area contributed by atoms with Crippen LogP contribution >= 0.6 is 0 Å². The van der Waals surface area contributed by atoms with Gasteiger partial charge < -0.3 is 4.57 Å². The fourth-order valence-electron chi connectivity index (χ4n) is 2.05. The average Bonchev–Trinajstić information content (AvgIpc) is 2.63. The molecule has 0 unspecified atom stereocenters. The molecule has 16 heavy (non-hydrogen) atoms. The van der Waals surface area contributed by atoms with Crippen LogP contribution in [0.25, 0.3) is 5.69 Å². The minimum atomic E-state index is 0.441. The summed E-state index contributed by atoms with van der Waals surface area (Å²) in [5.74, 6) is 1.56. The molecule has 1 aromatic heterocycles. The molecule has 2 nitrogen and oxygen atoms in total. The summed E-state index contributed by atoms with van der Waals surface area (Å²) in [4.78, 5) is 4.41. The number of aromatic nitrogens is 2. The number of aryl methyl sites for hydroxylation is 2. The van der Waals surface area contributed by atoms with Crippen LogP contribution in [0.1, 0.15) is 36.7 Å². The largest absolute Gasteiger partial charge is 0.304 e. The summed E-state index contributed by atoms with van der Waals surface area (Å²) < 4.78 is 2.17. The van der Waals surface area contributed by atoms with Crippen molar-refractivity contribution in [3.8, 4) is 5.69 Å². The van der Waals surface area contributed by atoms with Gasteiger partial charge in [0.05, 0.1) is 0 Å². The number of hydrogen-bond donors (Lipinski definition) is 0. The van der Waals surface area contributed by atoms with E-state index in [0.29, 0.717) is 5.92 Å². The molecule has 0 atom stereocenters. The maximum atomic E-state index is 4.41. The topological polar surface area (TPSA) is 17.8 Å². The molecule has 2 heteroatoms. The van der Waals surface area contributed by atoms with Crippen molar-refractivity contribution in [1.29, 1.82) is 0 Å². The van der Waals surface area contributed by atoms with Gasteiger partial charge in [-0.2, -0.15) is 0 Å². The van der Waals surface area contributed by atoms with Gasteiger partial charge in [-0.15, -0.1) is 0 Å². The van der Waals surface area contributed by atoms with Crippen molar-refractivity contribution in [3.63, 3.8) is 0 Å². The van der Waals surface area contributed by atoms with E-state index in [1.165, 1.54) is 16.8 Å². The van der Waals surface area contributed by atoms with Crippen molar-refractivity contribution >= 4 is 0 Å². The van der Waals surface area contributed by atoms with Gasteiger partial charge in [0.25, 0.3) is 0 Å². The fraction of sp³-hybridized carbons (Fsp3) is 0.357. The van der Waals surface area contributed by atoms with Gasteiger partial charge in [-0.3, -0.25) is 0 Å². The van der Waals surface area contributed by atoms with Gasteiger partial charge in [0.2, 0.25) is 0 Å². The molecule has 2 aromatic rings. The monoisotopic (exact) mass is 214 g/mol. The number of rotatable bonds is 2. The Balaban J connectivity index is 2.54. The summed E-state index contributed by atoms with van der Waals surface area (Å²) in [6, 6.07) is 6.58. The Bertz CT molecular complexity index is 475. The second-order valence-corrected chi connectivity index (χ2v) is 4.66. The van der Waals surface area contributed by atoms with Crippen molar-refractivity contribution in [3.05, 3.63) is 47.5 Å². The molecule has 84 valence electrons. The molecular formula is C14H18N2. The minimum Gasteiger partial charge on any atom is -0.304 e. The molecule has 1 aromatic carbocycles. The Labute approximate surface area is 97.0 Å². The van der Waals surface area contributed by atoms with Crippen LogP contribution in [0.4, 0.5) is 0 Å². The van der Waals surface area contributed by atoms with E-state index in [0.717, 1.165) is 5.82 Å². The molecule has 0 spiro atoms. The van der Waals surface area contributed by atoms with Gasteiger partial charge in [-0.25, -0.2) is 4.98 Å². The van der Waals surface area contributed by atoms with Crippen molar-refractivity contribution in [2.45, 2.75) is 33.6 Å². The van der Waals surface area contributed by atoms with E-state index in [4.69, 9.17) is 0 Å². The minimum absolute atomic E-state index is 0.441. The molecule has 0 aliphatic rings. The molecule has 0 saturated heterocycles. The van der Waals surface area contributed by atoms with E-state index in [9.17, 15) is 0 Å². The summed E-state index contributed by atoms with van der Waals surface area (Å²) in [6.45, 7) is 8.59. The van der Waals surface area contributed by atoms with Crippen LogP contribution in [0, 0.1) is 13.8 Å². The summed E-state index contributed by atoms with van der Waals surface area (Å²) >= 11 is 0. The van der Waals surface area contributed by atoms with E-state index in [1.54, 1.807) is 0 Å². The first-order valence-corrected chi connectivity index (χ1v) is 5.70.